The molecule has 0 bridgehead atoms. The van der Waals surface area contributed by atoms with Crippen molar-refractivity contribution in [2.75, 3.05) is 17.5 Å². The molecule has 0 unspecified atom stereocenters. The molecule has 1 aromatic heterocycles. The Morgan fingerprint density at radius 1 is 1.06 bits per heavy atom. The summed E-state index contributed by atoms with van der Waals surface area (Å²) in [6.07, 6.45) is 0. The van der Waals surface area contributed by atoms with Crippen LogP contribution in [0, 0.1) is 0 Å². The highest BCUT2D eigenvalue weighted by Crippen LogP contribution is 2.41. The highest BCUT2D eigenvalue weighted by atomic mass is 32.2. The molecule has 2 aromatic carbocycles. The summed E-state index contributed by atoms with van der Waals surface area (Å²) in [4.78, 5) is 37.0. The van der Waals surface area contributed by atoms with E-state index in [-0.39, 0.29) is 10.8 Å². The number of rotatable bonds is 7. The summed E-state index contributed by atoms with van der Waals surface area (Å²) in [6.45, 7) is 0.691. The highest BCUT2D eigenvalue weighted by molar-refractivity contribution is 7.93. The number of hydrogen-bond donors (Lipinski definition) is 1. The van der Waals surface area contributed by atoms with Gasteiger partial charge in [-0.2, -0.15) is 0 Å². The van der Waals surface area contributed by atoms with E-state index in [0.717, 1.165) is 14.6 Å². The second-order valence-electron chi connectivity index (χ2n) is 6.90. The normalized spacial score (nSPS) is 13.9. The van der Waals surface area contributed by atoms with Crippen molar-refractivity contribution < 1.29 is 27.5 Å². The lowest BCUT2D eigenvalue weighted by atomic mass is 10.1. The molecule has 0 saturated heterocycles. The average Bonchev–Trinajstić information content (AvgIpc) is 3.29. The van der Waals surface area contributed by atoms with Crippen LogP contribution in [0.15, 0.2) is 53.4 Å². The van der Waals surface area contributed by atoms with Crippen LogP contribution in [0.2, 0.25) is 0 Å². The first-order valence-corrected chi connectivity index (χ1v) is 11.6. The van der Waals surface area contributed by atoms with Crippen LogP contribution in [-0.4, -0.2) is 39.2 Å². The molecule has 1 aliphatic rings. The second kappa shape index (κ2) is 8.12. The molecule has 0 saturated carbocycles. The number of sulfonamides is 1. The minimum absolute atomic E-state index is 0.148. The third kappa shape index (κ3) is 4.04. The van der Waals surface area contributed by atoms with Crippen LogP contribution in [-0.2, 0) is 30.9 Å². The number of nitrogens with zero attached hydrogens (tertiary/aromatic N) is 1. The van der Waals surface area contributed by atoms with Gasteiger partial charge in [-0.1, -0.05) is 24.3 Å². The number of nitrogens with one attached hydrogen (secondary N) is 1. The van der Waals surface area contributed by atoms with E-state index in [0.29, 0.717) is 22.5 Å². The van der Waals surface area contributed by atoms with Crippen LogP contribution in [0.4, 0.5) is 5.69 Å². The maximum absolute atomic E-state index is 12.9. The number of carbonyl (C=O) groups is 3. The first-order valence-electron chi connectivity index (χ1n) is 9.34. The number of ketones is 1. The number of benzene rings is 2. The maximum Gasteiger partial charge on any atom is 0.327 e. The van der Waals surface area contributed by atoms with Crippen LogP contribution < -0.4 is 9.62 Å². The summed E-state index contributed by atoms with van der Waals surface area (Å²) in [5.74, 6) is -1.40. The molecule has 10 heteroatoms. The third-order valence-electron chi connectivity index (χ3n) is 4.77. The molecule has 0 spiro atoms. The molecule has 1 N–H and O–H groups in total. The molecular weight excluding hydrogens is 440 g/mol. The van der Waals surface area contributed by atoms with Crippen molar-refractivity contribution in [2.24, 2.45) is 0 Å². The van der Waals surface area contributed by atoms with Gasteiger partial charge in [0.25, 0.3) is 10.0 Å². The van der Waals surface area contributed by atoms with Gasteiger partial charge in [0.1, 0.15) is 6.54 Å². The lowest BCUT2D eigenvalue weighted by Gasteiger charge is -2.17. The van der Waals surface area contributed by atoms with Gasteiger partial charge in [-0.3, -0.25) is 18.7 Å². The molecular formula is C21H18N2O6S2. The summed E-state index contributed by atoms with van der Waals surface area (Å²) in [6, 6.07) is 13.4. The van der Waals surface area contributed by atoms with Crippen molar-refractivity contribution in [1.82, 2.24) is 5.32 Å². The SMILES string of the molecule is CC(=O)NCc1ccc(C(=O)COC(=O)CN2c3cccc4cccc(c34)S2(=O)=O)s1. The zero-order valence-electron chi connectivity index (χ0n) is 16.5. The summed E-state index contributed by atoms with van der Waals surface area (Å²) >= 11 is 1.19. The van der Waals surface area contributed by atoms with E-state index in [4.69, 9.17) is 4.74 Å². The Hall–Kier alpha value is -3.24. The fraction of sp³-hybridized carbons (Fsp3) is 0.190. The zero-order chi connectivity index (χ0) is 22.2. The number of esters is 1. The van der Waals surface area contributed by atoms with Crippen molar-refractivity contribution >= 4 is 55.5 Å². The Balaban J connectivity index is 1.41. The molecule has 0 fully saturated rings. The van der Waals surface area contributed by atoms with Gasteiger partial charge in [-0.05, 0) is 29.7 Å². The molecule has 8 nitrogen and oxygen atoms in total. The molecule has 4 rings (SSSR count). The smallest absolute Gasteiger partial charge is 0.327 e. The number of thiophene rings is 1. The van der Waals surface area contributed by atoms with Gasteiger partial charge in [0.15, 0.2) is 6.61 Å². The Kier molecular flexibility index (Phi) is 5.50. The maximum atomic E-state index is 12.9. The highest BCUT2D eigenvalue weighted by Gasteiger charge is 2.37. The van der Waals surface area contributed by atoms with Crippen molar-refractivity contribution in [1.29, 1.82) is 0 Å². The minimum atomic E-state index is -3.88. The van der Waals surface area contributed by atoms with E-state index < -0.39 is 34.9 Å². The first-order chi connectivity index (χ1) is 14.8. The Morgan fingerprint density at radius 3 is 2.55 bits per heavy atom. The summed E-state index contributed by atoms with van der Waals surface area (Å²) in [5.41, 5.74) is 0.414. The topological polar surface area (TPSA) is 110 Å². The predicted molar refractivity (Wildman–Crippen MR) is 116 cm³/mol. The third-order valence-corrected chi connectivity index (χ3v) is 7.69. The fourth-order valence-electron chi connectivity index (χ4n) is 3.34. The number of carbonyl (C=O) groups excluding carboxylic acids is 3. The molecule has 1 aliphatic heterocycles. The van der Waals surface area contributed by atoms with E-state index >= 15 is 0 Å². The van der Waals surface area contributed by atoms with Gasteiger partial charge < -0.3 is 10.1 Å². The Bertz CT molecular complexity index is 1310. The fourth-order valence-corrected chi connectivity index (χ4v) is 5.87. The first kappa shape index (κ1) is 21.0. The molecule has 0 atom stereocenters. The summed E-state index contributed by atoms with van der Waals surface area (Å²) in [7, 11) is -3.88. The number of amides is 1. The lowest BCUT2D eigenvalue weighted by Crippen LogP contribution is -2.34. The Morgan fingerprint density at radius 2 is 1.81 bits per heavy atom. The summed E-state index contributed by atoms with van der Waals surface area (Å²) < 4.78 is 31.9. The quantitative estimate of drug-likeness (QED) is 0.430. The van der Waals surface area contributed by atoms with Gasteiger partial charge in [0.05, 0.1) is 22.0 Å². The molecule has 2 heterocycles. The molecule has 31 heavy (non-hydrogen) atoms. The molecule has 1 amide bonds. The van der Waals surface area contributed by atoms with Crippen molar-refractivity contribution in [3.63, 3.8) is 0 Å². The van der Waals surface area contributed by atoms with E-state index in [9.17, 15) is 22.8 Å². The van der Waals surface area contributed by atoms with Crippen molar-refractivity contribution in [3.8, 4) is 0 Å². The van der Waals surface area contributed by atoms with Crippen molar-refractivity contribution in [3.05, 3.63) is 58.3 Å². The van der Waals surface area contributed by atoms with Crippen LogP contribution in [0.1, 0.15) is 21.5 Å². The number of anilines is 1. The standard InChI is InChI=1S/C21H18N2O6S2/c1-13(24)22-10-15-8-9-18(30-15)17(25)12-29-20(26)11-23-16-6-2-4-14-5-3-7-19(21(14)16)31(23,27)28/h2-9H,10-12H2,1H3,(H,22,24). The molecule has 0 aliphatic carbocycles. The van der Waals surface area contributed by atoms with E-state index in [1.54, 1.807) is 42.5 Å². The van der Waals surface area contributed by atoms with Crippen LogP contribution in [0.3, 0.4) is 0 Å². The molecule has 3 aromatic rings. The number of Topliss-reactive ketones (excluding diaryl/α,β-unsaturated/α-hetero) is 1. The van der Waals surface area contributed by atoms with Gasteiger partial charge in [-0.25, -0.2) is 8.42 Å². The number of ether oxygens (including phenoxy) is 1. The Labute approximate surface area is 182 Å². The minimum Gasteiger partial charge on any atom is -0.456 e. The van der Waals surface area contributed by atoms with Gasteiger partial charge in [-0.15, -0.1) is 11.3 Å². The number of hydrogen-bond acceptors (Lipinski definition) is 7. The van der Waals surface area contributed by atoms with Crippen molar-refractivity contribution in [2.45, 2.75) is 18.4 Å². The molecule has 0 radical (unpaired) electrons. The van der Waals surface area contributed by atoms with Crippen LogP contribution in [0.5, 0.6) is 0 Å². The monoisotopic (exact) mass is 458 g/mol. The van der Waals surface area contributed by atoms with Gasteiger partial charge in [0, 0.05) is 17.2 Å². The van der Waals surface area contributed by atoms with Crippen LogP contribution in [0.25, 0.3) is 10.8 Å². The second-order valence-corrected chi connectivity index (χ2v) is 9.90. The summed E-state index contributed by atoms with van der Waals surface area (Å²) in [5, 5.41) is 3.97. The zero-order valence-corrected chi connectivity index (χ0v) is 18.1. The molecule has 160 valence electrons. The largest absolute Gasteiger partial charge is 0.456 e. The van der Waals surface area contributed by atoms with E-state index in [2.05, 4.69) is 5.32 Å². The van der Waals surface area contributed by atoms with Gasteiger partial charge in [0.2, 0.25) is 11.7 Å². The van der Waals surface area contributed by atoms with E-state index in [1.165, 1.54) is 24.3 Å². The predicted octanol–water partition coefficient (Wildman–Crippen LogP) is 2.47. The van der Waals surface area contributed by atoms with Crippen LogP contribution >= 0.6 is 11.3 Å². The lowest BCUT2D eigenvalue weighted by molar-refractivity contribution is -0.140. The van der Waals surface area contributed by atoms with Gasteiger partial charge >= 0.3 is 5.97 Å². The van der Waals surface area contributed by atoms with E-state index in [1.807, 2.05) is 0 Å². The average molecular weight is 459 g/mol.